The first-order valence-corrected chi connectivity index (χ1v) is 6.09. The predicted molar refractivity (Wildman–Crippen MR) is 63.5 cm³/mol. The van der Waals surface area contributed by atoms with Crippen molar-refractivity contribution in [3.63, 3.8) is 0 Å². The van der Waals surface area contributed by atoms with E-state index in [1.54, 1.807) is 0 Å². The van der Waals surface area contributed by atoms with E-state index >= 15 is 0 Å². The van der Waals surface area contributed by atoms with Crippen molar-refractivity contribution in [1.29, 1.82) is 0 Å². The molecule has 1 aliphatic heterocycles. The third-order valence-electron chi connectivity index (χ3n) is 3.46. The summed E-state index contributed by atoms with van der Waals surface area (Å²) in [5, 5.41) is 3.32. The predicted octanol–water partition coefficient (Wildman–Crippen LogP) is 2.67. The van der Waals surface area contributed by atoms with E-state index in [0.29, 0.717) is 0 Å². The van der Waals surface area contributed by atoms with Gasteiger partial charge in [0, 0.05) is 13.0 Å². The van der Waals surface area contributed by atoms with Crippen LogP contribution in [0.15, 0.2) is 16.5 Å². The third-order valence-corrected chi connectivity index (χ3v) is 3.46. The van der Waals surface area contributed by atoms with Gasteiger partial charge in [0.15, 0.2) is 0 Å². The van der Waals surface area contributed by atoms with E-state index in [4.69, 9.17) is 9.15 Å². The quantitative estimate of drug-likeness (QED) is 0.852. The highest BCUT2D eigenvalue weighted by atomic mass is 16.5. The topological polar surface area (TPSA) is 34.4 Å². The van der Waals surface area contributed by atoms with Crippen LogP contribution >= 0.6 is 0 Å². The van der Waals surface area contributed by atoms with E-state index in [1.165, 1.54) is 0 Å². The van der Waals surface area contributed by atoms with Crippen molar-refractivity contribution in [2.45, 2.75) is 44.8 Å². The normalized spacial score (nSPS) is 27.2. The summed E-state index contributed by atoms with van der Waals surface area (Å²) in [4.78, 5) is 0. The Kier molecular flexibility index (Phi) is 3.36. The lowest BCUT2D eigenvalue weighted by molar-refractivity contribution is -0.0162. The molecule has 16 heavy (non-hydrogen) atoms. The average Bonchev–Trinajstić information content (AvgIpc) is 2.89. The van der Waals surface area contributed by atoms with Gasteiger partial charge in [0.05, 0.1) is 11.6 Å². The van der Waals surface area contributed by atoms with Crippen molar-refractivity contribution in [1.82, 2.24) is 5.32 Å². The number of furan rings is 1. The minimum Gasteiger partial charge on any atom is -0.464 e. The van der Waals surface area contributed by atoms with Crippen molar-refractivity contribution >= 4 is 0 Å². The Morgan fingerprint density at radius 1 is 1.50 bits per heavy atom. The highest BCUT2D eigenvalue weighted by Gasteiger charge is 2.40. The zero-order chi connectivity index (χ0) is 11.6. The summed E-state index contributed by atoms with van der Waals surface area (Å²) in [6.45, 7) is 5.12. The summed E-state index contributed by atoms with van der Waals surface area (Å²) in [6.07, 6.45) is 3.16. The van der Waals surface area contributed by atoms with Crippen LogP contribution in [0, 0.1) is 0 Å². The molecule has 0 saturated carbocycles. The van der Waals surface area contributed by atoms with Gasteiger partial charge in [0.2, 0.25) is 0 Å². The molecule has 1 N–H and O–H groups in total. The van der Waals surface area contributed by atoms with Gasteiger partial charge in [0.25, 0.3) is 0 Å². The number of nitrogens with one attached hydrogen (secondary N) is 1. The molecular weight excluding hydrogens is 202 g/mol. The molecule has 2 heterocycles. The highest BCUT2D eigenvalue weighted by Crippen LogP contribution is 2.37. The van der Waals surface area contributed by atoms with E-state index in [1.807, 2.05) is 7.05 Å². The first-order valence-electron chi connectivity index (χ1n) is 6.09. The van der Waals surface area contributed by atoms with Crippen LogP contribution < -0.4 is 5.32 Å². The van der Waals surface area contributed by atoms with Crippen LogP contribution in [-0.2, 0) is 11.2 Å². The van der Waals surface area contributed by atoms with Gasteiger partial charge in [-0.2, -0.15) is 0 Å². The molecule has 0 aliphatic carbocycles. The second kappa shape index (κ2) is 4.60. The Bertz CT molecular complexity index is 339. The van der Waals surface area contributed by atoms with Crippen LogP contribution in [-0.4, -0.2) is 19.3 Å². The van der Waals surface area contributed by atoms with Crippen molar-refractivity contribution in [3.8, 4) is 0 Å². The van der Waals surface area contributed by atoms with Gasteiger partial charge in [-0.05, 0) is 38.9 Å². The Hall–Kier alpha value is -0.800. The lowest BCUT2D eigenvalue weighted by atomic mass is 9.91. The van der Waals surface area contributed by atoms with Crippen molar-refractivity contribution in [2.75, 3.05) is 13.7 Å². The minimum absolute atomic E-state index is 0.127. The molecule has 90 valence electrons. The van der Waals surface area contributed by atoms with Crippen LogP contribution in [0.5, 0.6) is 0 Å². The maximum absolute atomic E-state index is 5.87. The monoisotopic (exact) mass is 223 g/mol. The molecule has 2 atom stereocenters. The van der Waals surface area contributed by atoms with Crippen LogP contribution in [0.4, 0.5) is 0 Å². The molecule has 3 heteroatoms. The van der Waals surface area contributed by atoms with Gasteiger partial charge in [-0.3, -0.25) is 0 Å². The number of likely N-dealkylation sites (N-methyl/N-ethyl adjacent to an activating group) is 1. The number of ether oxygens (including phenoxy) is 1. The van der Waals surface area contributed by atoms with E-state index in [0.717, 1.165) is 37.4 Å². The second-order valence-electron chi connectivity index (χ2n) is 4.64. The van der Waals surface area contributed by atoms with E-state index < -0.39 is 0 Å². The van der Waals surface area contributed by atoms with E-state index in [9.17, 15) is 0 Å². The summed E-state index contributed by atoms with van der Waals surface area (Å²) >= 11 is 0. The van der Waals surface area contributed by atoms with E-state index in [2.05, 4.69) is 31.3 Å². The van der Waals surface area contributed by atoms with Gasteiger partial charge in [-0.1, -0.05) is 6.92 Å². The fourth-order valence-electron chi connectivity index (χ4n) is 2.52. The van der Waals surface area contributed by atoms with Crippen LogP contribution in [0.3, 0.4) is 0 Å². The Morgan fingerprint density at radius 2 is 2.31 bits per heavy atom. The third kappa shape index (κ3) is 2.02. The lowest BCUT2D eigenvalue weighted by Gasteiger charge is -2.31. The number of rotatable bonds is 4. The van der Waals surface area contributed by atoms with Crippen LogP contribution in [0.2, 0.25) is 0 Å². The maximum Gasteiger partial charge on any atom is 0.124 e. The zero-order valence-corrected chi connectivity index (χ0v) is 10.4. The molecular formula is C13H21NO2. The Labute approximate surface area is 97.2 Å². The molecule has 1 saturated heterocycles. The lowest BCUT2D eigenvalue weighted by Crippen LogP contribution is -2.39. The standard InChI is InChI=1S/C13H21NO2/c1-4-10-6-7-11(16-10)12(14-3)13(2)8-5-9-15-13/h6-7,12,14H,4-5,8-9H2,1-3H3. The molecule has 1 fully saturated rings. The summed E-state index contributed by atoms with van der Waals surface area (Å²) in [5.41, 5.74) is -0.127. The van der Waals surface area contributed by atoms with Gasteiger partial charge < -0.3 is 14.5 Å². The van der Waals surface area contributed by atoms with Crippen molar-refractivity contribution in [3.05, 3.63) is 23.7 Å². The molecule has 0 aromatic carbocycles. The Morgan fingerprint density at radius 3 is 2.81 bits per heavy atom. The minimum atomic E-state index is -0.127. The van der Waals surface area contributed by atoms with Crippen molar-refractivity contribution < 1.29 is 9.15 Å². The SMILES string of the molecule is CCc1ccc(C(NC)C2(C)CCCO2)o1. The largest absolute Gasteiger partial charge is 0.464 e. The summed E-state index contributed by atoms with van der Waals surface area (Å²) in [7, 11) is 1.96. The molecule has 0 amide bonds. The molecule has 2 rings (SSSR count). The highest BCUT2D eigenvalue weighted by molar-refractivity contribution is 5.15. The van der Waals surface area contributed by atoms with Crippen molar-refractivity contribution in [2.24, 2.45) is 0 Å². The molecule has 3 nitrogen and oxygen atoms in total. The number of hydrogen-bond donors (Lipinski definition) is 1. The molecule has 1 aliphatic rings. The molecule has 0 radical (unpaired) electrons. The second-order valence-corrected chi connectivity index (χ2v) is 4.64. The summed E-state index contributed by atoms with van der Waals surface area (Å²) < 4.78 is 11.7. The smallest absolute Gasteiger partial charge is 0.124 e. The van der Waals surface area contributed by atoms with Gasteiger partial charge in [0.1, 0.15) is 11.5 Å². The number of aryl methyl sites for hydroxylation is 1. The van der Waals surface area contributed by atoms with Gasteiger partial charge in [-0.25, -0.2) is 0 Å². The molecule has 1 aromatic heterocycles. The number of hydrogen-bond acceptors (Lipinski definition) is 3. The Balaban J connectivity index is 2.21. The first kappa shape index (κ1) is 11.7. The fourth-order valence-corrected chi connectivity index (χ4v) is 2.52. The van der Waals surface area contributed by atoms with E-state index in [-0.39, 0.29) is 11.6 Å². The molecule has 1 aromatic rings. The molecule has 2 unspecified atom stereocenters. The molecule has 0 bridgehead atoms. The summed E-state index contributed by atoms with van der Waals surface area (Å²) in [5.74, 6) is 2.03. The fraction of sp³-hybridized carbons (Fsp3) is 0.692. The molecule has 0 spiro atoms. The maximum atomic E-state index is 5.87. The summed E-state index contributed by atoms with van der Waals surface area (Å²) in [6, 6.07) is 4.26. The van der Waals surface area contributed by atoms with Crippen LogP contribution in [0.25, 0.3) is 0 Å². The van der Waals surface area contributed by atoms with Gasteiger partial charge in [-0.15, -0.1) is 0 Å². The average molecular weight is 223 g/mol. The van der Waals surface area contributed by atoms with Gasteiger partial charge >= 0.3 is 0 Å². The first-order chi connectivity index (χ1) is 7.69. The zero-order valence-electron chi connectivity index (χ0n) is 10.4. The van der Waals surface area contributed by atoms with Crippen LogP contribution in [0.1, 0.15) is 44.3 Å².